The summed E-state index contributed by atoms with van der Waals surface area (Å²) in [6.07, 6.45) is 0.171. The fourth-order valence-electron chi connectivity index (χ4n) is 4.53. The second-order valence-corrected chi connectivity index (χ2v) is 9.42. The van der Waals surface area contributed by atoms with E-state index in [2.05, 4.69) is 46.3 Å². The van der Waals surface area contributed by atoms with Crippen LogP contribution in [0, 0.1) is 0 Å². The van der Waals surface area contributed by atoms with Crippen molar-refractivity contribution in [3.05, 3.63) is 105 Å². The summed E-state index contributed by atoms with van der Waals surface area (Å²) in [5.41, 5.74) is 3.73. The maximum Gasteiger partial charge on any atom is 0.217 e. The van der Waals surface area contributed by atoms with Gasteiger partial charge in [0.25, 0.3) is 0 Å². The predicted molar refractivity (Wildman–Crippen MR) is 130 cm³/mol. The van der Waals surface area contributed by atoms with E-state index in [9.17, 15) is 5.11 Å². The number of ether oxygens (including phenoxy) is 1. The molecule has 32 heavy (non-hydrogen) atoms. The van der Waals surface area contributed by atoms with Gasteiger partial charge in [-0.05, 0) is 58.8 Å². The van der Waals surface area contributed by atoms with E-state index in [1.807, 2.05) is 41.4 Å². The number of hydrazone groups is 1. The van der Waals surface area contributed by atoms with Crippen molar-refractivity contribution in [2.24, 2.45) is 5.10 Å². The molecule has 0 amide bonds. The van der Waals surface area contributed by atoms with Crippen LogP contribution in [0.1, 0.15) is 35.4 Å². The summed E-state index contributed by atoms with van der Waals surface area (Å²) in [6, 6.07) is 25.7. The largest absolute Gasteiger partial charge is 0.507 e. The van der Waals surface area contributed by atoms with Crippen molar-refractivity contribution >= 4 is 44.0 Å². The lowest BCUT2D eigenvalue weighted by molar-refractivity contribution is -0.0203. The van der Waals surface area contributed by atoms with Gasteiger partial charge in [0, 0.05) is 21.5 Å². The van der Waals surface area contributed by atoms with Gasteiger partial charge in [-0.15, -0.1) is 0 Å². The minimum atomic E-state index is -0.552. The maximum atomic E-state index is 10.6. The van der Waals surface area contributed by atoms with E-state index in [4.69, 9.17) is 21.4 Å². The molecule has 0 aliphatic carbocycles. The number of rotatable bonds is 2. The number of hydrogen-bond acceptors (Lipinski definition) is 4. The molecule has 0 aromatic heterocycles. The van der Waals surface area contributed by atoms with Crippen LogP contribution in [0.2, 0.25) is 5.02 Å². The first kappa shape index (κ1) is 19.6. The number of hydrogen-bond donors (Lipinski definition) is 1. The van der Waals surface area contributed by atoms with Crippen molar-refractivity contribution in [2.75, 3.05) is 0 Å². The summed E-state index contributed by atoms with van der Waals surface area (Å²) >= 11 is 9.84. The molecule has 0 bridgehead atoms. The lowest BCUT2D eigenvalue weighted by atomic mass is 9.95. The highest BCUT2D eigenvalue weighted by molar-refractivity contribution is 9.10. The number of halogens is 2. The van der Waals surface area contributed by atoms with Gasteiger partial charge in [-0.2, -0.15) is 5.10 Å². The van der Waals surface area contributed by atoms with Crippen molar-refractivity contribution in [1.29, 1.82) is 0 Å². The van der Waals surface area contributed by atoms with E-state index in [0.717, 1.165) is 33.5 Å². The number of phenols is 1. The quantitative estimate of drug-likeness (QED) is 0.313. The summed E-state index contributed by atoms with van der Waals surface area (Å²) in [5, 5.41) is 20.6. The molecule has 2 aliphatic rings. The molecule has 0 unspecified atom stereocenters. The highest BCUT2D eigenvalue weighted by Gasteiger charge is 2.42. The Morgan fingerprint density at radius 1 is 0.938 bits per heavy atom. The highest BCUT2D eigenvalue weighted by Crippen LogP contribution is 2.49. The number of fused-ring (bicyclic) bond motifs is 4. The van der Waals surface area contributed by atoms with E-state index in [0.29, 0.717) is 10.6 Å². The van der Waals surface area contributed by atoms with Crippen LogP contribution < -0.4 is 4.74 Å². The highest BCUT2D eigenvalue weighted by atomic mass is 79.9. The summed E-state index contributed by atoms with van der Waals surface area (Å²) in [6.45, 7) is 0. The van der Waals surface area contributed by atoms with Crippen LogP contribution >= 0.6 is 27.5 Å². The van der Waals surface area contributed by atoms with Gasteiger partial charge in [-0.1, -0.05) is 63.9 Å². The Hall–Kier alpha value is -3.02. The Kier molecular flexibility index (Phi) is 4.63. The number of aromatic hydroxyl groups is 1. The second-order valence-electron chi connectivity index (χ2n) is 8.06. The molecule has 4 aromatic carbocycles. The van der Waals surface area contributed by atoms with E-state index >= 15 is 0 Å². The summed E-state index contributed by atoms with van der Waals surface area (Å²) in [4.78, 5) is 0. The van der Waals surface area contributed by atoms with E-state index in [-0.39, 0.29) is 11.8 Å². The molecule has 0 saturated carbocycles. The monoisotopic (exact) mass is 504 g/mol. The normalized spacial score (nSPS) is 19.3. The zero-order valence-electron chi connectivity index (χ0n) is 16.9. The standard InChI is InChI=1S/C26H18BrClN2O2/c27-18-7-9-24(31)21(12-18)26-30-23(20-13-19(28)8-10-25(20)32-26)14-22(29-30)17-6-5-15-3-1-2-4-16(15)11-17/h1-13,23,26,31H,14H2/t23-,26-/m1/s1. The van der Waals surface area contributed by atoms with Crippen LogP contribution in [0.15, 0.2) is 88.4 Å². The summed E-state index contributed by atoms with van der Waals surface area (Å²) in [7, 11) is 0. The van der Waals surface area contributed by atoms with Crippen LogP contribution in [0.5, 0.6) is 11.5 Å². The smallest absolute Gasteiger partial charge is 0.217 e. The average Bonchev–Trinajstić information content (AvgIpc) is 3.26. The predicted octanol–water partition coefficient (Wildman–Crippen LogP) is 7.20. The Balaban J connectivity index is 1.48. The van der Waals surface area contributed by atoms with Gasteiger partial charge in [-0.3, -0.25) is 0 Å². The third-order valence-corrected chi connectivity index (χ3v) is 6.82. The molecule has 0 radical (unpaired) electrons. The first-order chi connectivity index (χ1) is 15.6. The van der Waals surface area contributed by atoms with Crippen LogP contribution in [-0.2, 0) is 0 Å². The van der Waals surface area contributed by atoms with Gasteiger partial charge < -0.3 is 9.84 Å². The van der Waals surface area contributed by atoms with Crippen LogP contribution in [-0.4, -0.2) is 15.8 Å². The Bertz CT molecular complexity index is 1400. The Labute approximate surface area is 198 Å². The van der Waals surface area contributed by atoms with E-state index in [1.54, 1.807) is 12.1 Å². The van der Waals surface area contributed by atoms with Gasteiger partial charge in [0.15, 0.2) is 0 Å². The molecule has 4 aromatic rings. The lowest BCUT2D eigenvalue weighted by Gasteiger charge is -2.38. The third-order valence-electron chi connectivity index (χ3n) is 6.09. The van der Waals surface area contributed by atoms with Gasteiger partial charge in [-0.25, -0.2) is 5.01 Å². The number of nitrogens with zero attached hydrogens (tertiary/aromatic N) is 2. The third kappa shape index (κ3) is 3.24. The molecule has 2 atom stereocenters. The Morgan fingerprint density at radius 3 is 2.66 bits per heavy atom. The van der Waals surface area contributed by atoms with Gasteiger partial charge in [0.05, 0.1) is 17.3 Å². The molecular formula is C26H18BrClN2O2. The molecule has 2 heterocycles. The number of phenolic OH excluding ortho intramolecular Hbond substituents is 1. The first-order valence-corrected chi connectivity index (χ1v) is 11.5. The molecule has 1 N–H and O–H groups in total. The van der Waals surface area contributed by atoms with Crippen molar-refractivity contribution in [3.8, 4) is 11.5 Å². The van der Waals surface area contributed by atoms with E-state index < -0.39 is 6.23 Å². The topological polar surface area (TPSA) is 45.1 Å². The minimum absolute atomic E-state index is 0.0395. The fraction of sp³-hybridized carbons (Fsp3) is 0.115. The molecule has 158 valence electrons. The van der Waals surface area contributed by atoms with Crippen molar-refractivity contribution in [3.63, 3.8) is 0 Å². The molecule has 0 spiro atoms. The molecule has 2 aliphatic heterocycles. The lowest BCUT2D eigenvalue weighted by Crippen LogP contribution is -2.33. The Morgan fingerprint density at radius 2 is 1.78 bits per heavy atom. The maximum absolute atomic E-state index is 10.6. The van der Waals surface area contributed by atoms with Gasteiger partial charge >= 0.3 is 0 Å². The first-order valence-electron chi connectivity index (χ1n) is 10.4. The molecule has 6 rings (SSSR count). The molecule has 0 fully saturated rings. The SMILES string of the molecule is Oc1ccc(Br)cc1[C@H]1Oc2ccc(Cl)cc2[C@H]2CC(c3ccc4ccccc4c3)=NN21. The molecule has 4 nitrogen and oxygen atoms in total. The molecule has 0 saturated heterocycles. The summed E-state index contributed by atoms with van der Waals surface area (Å²) in [5.74, 6) is 0.929. The van der Waals surface area contributed by atoms with Gasteiger partial charge in [0.2, 0.25) is 6.23 Å². The number of benzene rings is 4. The minimum Gasteiger partial charge on any atom is -0.507 e. The van der Waals surface area contributed by atoms with Crippen LogP contribution in [0.3, 0.4) is 0 Å². The molecule has 6 heteroatoms. The van der Waals surface area contributed by atoms with Crippen LogP contribution in [0.4, 0.5) is 0 Å². The van der Waals surface area contributed by atoms with Crippen LogP contribution in [0.25, 0.3) is 10.8 Å². The van der Waals surface area contributed by atoms with Crippen molar-refractivity contribution in [2.45, 2.75) is 18.7 Å². The van der Waals surface area contributed by atoms with Crippen molar-refractivity contribution in [1.82, 2.24) is 5.01 Å². The zero-order chi connectivity index (χ0) is 21.8. The second kappa shape index (κ2) is 7.54. The zero-order valence-corrected chi connectivity index (χ0v) is 19.2. The van der Waals surface area contributed by atoms with E-state index in [1.165, 1.54) is 10.8 Å². The van der Waals surface area contributed by atoms with Gasteiger partial charge in [0.1, 0.15) is 11.5 Å². The average molecular weight is 506 g/mol. The summed E-state index contributed by atoms with van der Waals surface area (Å²) < 4.78 is 7.22. The van der Waals surface area contributed by atoms with Crippen molar-refractivity contribution < 1.29 is 9.84 Å². The fourth-order valence-corrected chi connectivity index (χ4v) is 5.09. The molecular weight excluding hydrogens is 488 g/mol.